The van der Waals surface area contributed by atoms with Crippen LogP contribution in [0.25, 0.3) is 0 Å². The molecule has 0 spiro atoms. The lowest BCUT2D eigenvalue weighted by Gasteiger charge is -2.25. The first-order chi connectivity index (χ1) is 8.57. The molecule has 2 rings (SSSR count). The van der Waals surface area contributed by atoms with Gasteiger partial charge in [0.15, 0.2) is 0 Å². The third kappa shape index (κ3) is 2.28. The first-order valence-corrected chi connectivity index (χ1v) is 6.19. The lowest BCUT2D eigenvalue weighted by Crippen LogP contribution is -2.34. The molecule has 1 aliphatic rings. The number of rotatable bonds is 3. The zero-order valence-electron chi connectivity index (χ0n) is 11.2. The number of anilines is 1. The molecular weight excluding hydrogens is 228 g/mol. The molecule has 1 aromatic rings. The second-order valence-corrected chi connectivity index (χ2v) is 5.10. The number of alkyl carbamates (subject to hydrolysis) is 1. The maximum Gasteiger partial charge on any atom is 0.406 e. The lowest BCUT2D eigenvalue weighted by molar-refractivity contribution is 0.170. The zero-order chi connectivity index (χ0) is 13.2. The van der Waals surface area contributed by atoms with Crippen LogP contribution in [0.15, 0.2) is 24.3 Å². The number of nitrogens with one attached hydrogen (secondary N) is 1. The van der Waals surface area contributed by atoms with Gasteiger partial charge in [0.2, 0.25) is 0 Å². The number of carbonyl (C=O) groups is 1. The van der Waals surface area contributed by atoms with Crippen LogP contribution in [0.2, 0.25) is 0 Å². The van der Waals surface area contributed by atoms with Gasteiger partial charge in [0.05, 0.1) is 7.11 Å². The van der Waals surface area contributed by atoms with Gasteiger partial charge >= 0.3 is 6.09 Å². The molecule has 1 amide bonds. The van der Waals surface area contributed by atoms with E-state index in [2.05, 4.69) is 53.2 Å². The summed E-state index contributed by atoms with van der Waals surface area (Å²) in [5.41, 5.74) is 2.74. The monoisotopic (exact) mass is 248 g/mol. The van der Waals surface area contributed by atoms with Crippen LogP contribution in [0.3, 0.4) is 0 Å². The van der Waals surface area contributed by atoms with E-state index < -0.39 is 0 Å². The number of ether oxygens (including phenoxy) is 1. The van der Waals surface area contributed by atoms with Crippen molar-refractivity contribution in [1.29, 1.82) is 0 Å². The summed E-state index contributed by atoms with van der Waals surface area (Å²) < 4.78 is 4.58. The number of carbonyl (C=O) groups excluding carboxylic acids is 1. The molecule has 0 saturated heterocycles. The molecule has 18 heavy (non-hydrogen) atoms. The summed E-state index contributed by atoms with van der Waals surface area (Å²) in [6, 6.07) is 8.46. The first kappa shape index (κ1) is 12.7. The van der Waals surface area contributed by atoms with Crippen molar-refractivity contribution in [2.24, 2.45) is 0 Å². The van der Waals surface area contributed by atoms with Gasteiger partial charge in [-0.05, 0) is 18.1 Å². The van der Waals surface area contributed by atoms with Gasteiger partial charge in [-0.3, -0.25) is 0 Å². The number of para-hydroxylation sites is 1. The van der Waals surface area contributed by atoms with Crippen molar-refractivity contribution in [3.8, 4) is 0 Å². The predicted molar refractivity (Wildman–Crippen MR) is 72.1 cm³/mol. The Labute approximate surface area is 108 Å². The third-order valence-corrected chi connectivity index (χ3v) is 3.68. The lowest BCUT2D eigenvalue weighted by atomic mass is 9.81. The molecular formula is C14H20N2O2. The highest BCUT2D eigenvalue weighted by molar-refractivity contribution is 5.67. The normalized spacial score (nSPS) is 21.6. The van der Waals surface area contributed by atoms with Crippen LogP contribution in [0.1, 0.15) is 18.9 Å². The molecule has 0 aromatic heterocycles. The topological polar surface area (TPSA) is 41.6 Å². The molecule has 4 nitrogen and oxygen atoms in total. The average molecular weight is 248 g/mol. The molecule has 1 aromatic carbocycles. The Hall–Kier alpha value is -1.71. The van der Waals surface area contributed by atoms with Crippen LogP contribution in [-0.2, 0) is 10.2 Å². The van der Waals surface area contributed by atoms with Crippen LogP contribution in [-0.4, -0.2) is 33.3 Å². The Kier molecular flexibility index (Phi) is 3.45. The number of amides is 1. The molecule has 0 radical (unpaired) electrons. The highest BCUT2D eigenvalue weighted by atomic mass is 16.5. The average Bonchev–Trinajstić information content (AvgIpc) is 2.62. The fraction of sp³-hybridized carbons (Fsp3) is 0.500. The van der Waals surface area contributed by atoms with E-state index >= 15 is 0 Å². The van der Waals surface area contributed by atoms with Crippen LogP contribution < -0.4 is 10.2 Å². The number of fused-ring (bicyclic) bond motifs is 1. The van der Waals surface area contributed by atoms with Gasteiger partial charge in [0.25, 0.3) is 0 Å². The summed E-state index contributed by atoms with van der Waals surface area (Å²) in [5.74, 6) is 0. The van der Waals surface area contributed by atoms with Crippen molar-refractivity contribution in [3.05, 3.63) is 29.8 Å². The number of hydrogen-bond donors (Lipinski definition) is 1. The number of nitrogens with zero attached hydrogens (tertiary/aromatic N) is 1. The van der Waals surface area contributed by atoms with E-state index in [1.807, 2.05) is 0 Å². The van der Waals surface area contributed by atoms with Crippen molar-refractivity contribution in [1.82, 2.24) is 5.32 Å². The summed E-state index contributed by atoms with van der Waals surface area (Å²) in [5, 5.41) is 2.75. The van der Waals surface area contributed by atoms with E-state index in [9.17, 15) is 4.79 Å². The fourth-order valence-corrected chi connectivity index (χ4v) is 2.74. The van der Waals surface area contributed by atoms with Crippen LogP contribution in [0, 0.1) is 0 Å². The van der Waals surface area contributed by atoms with Crippen molar-refractivity contribution >= 4 is 11.8 Å². The number of hydrogen-bond acceptors (Lipinski definition) is 3. The summed E-state index contributed by atoms with van der Waals surface area (Å²) in [7, 11) is 3.49. The summed E-state index contributed by atoms with van der Waals surface area (Å²) >= 11 is 0. The Balaban J connectivity index is 2.06. The van der Waals surface area contributed by atoms with Crippen LogP contribution >= 0.6 is 0 Å². The molecule has 98 valence electrons. The molecule has 0 bridgehead atoms. The number of likely N-dealkylation sites (N-methyl/N-ethyl adjacent to an activating group) is 1. The minimum atomic E-state index is -0.363. The van der Waals surface area contributed by atoms with Crippen molar-refractivity contribution in [2.45, 2.75) is 18.8 Å². The molecule has 1 heterocycles. The third-order valence-electron chi connectivity index (χ3n) is 3.68. The van der Waals surface area contributed by atoms with Gasteiger partial charge in [-0.1, -0.05) is 25.1 Å². The number of benzene rings is 1. The minimum absolute atomic E-state index is 0.0896. The van der Waals surface area contributed by atoms with Gasteiger partial charge in [0.1, 0.15) is 0 Å². The number of methoxy groups -OCH3 is 1. The molecule has 0 aliphatic carbocycles. The Morgan fingerprint density at radius 3 is 2.94 bits per heavy atom. The standard InChI is InChI=1S/C14H20N2O2/c1-14(8-9-15-13(17)18-3)10-16(2)12-7-5-4-6-11(12)14/h4-7H,8-10H2,1-3H3,(H,15,17). The molecule has 1 N–H and O–H groups in total. The fourth-order valence-electron chi connectivity index (χ4n) is 2.74. The van der Waals surface area contributed by atoms with Gasteiger partial charge in [-0.2, -0.15) is 0 Å². The van der Waals surface area contributed by atoms with Crippen LogP contribution in [0.5, 0.6) is 0 Å². The highest BCUT2D eigenvalue weighted by Crippen LogP contribution is 2.41. The SMILES string of the molecule is COC(=O)NCCC1(C)CN(C)c2ccccc21. The van der Waals surface area contributed by atoms with E-state index in [4.69, 9.17) is 0 Å². The second kappa shape index (κ2) is 4.88. The van der Waals surface area contributed by atoms with Crippen LogP contribution in [0.4, 0.5) is 10.5 Å². The summed E-state index contributed by atoms with van der Waals surface area (Å²) in [4.78, 5) is 13.3. The second-order valence-electron chi connectivity index (χ2n) is 5.10. The Morgan fingerprint density at radius 1 is 1.50 bits per heavy atom. The van der Waals surface area contributed by atoms with E-state index in [-0.39, 0.29) is 11.5 Å². The smallest absolute Gasteiger partial charge is 0.406 e. The van der Waals surface area contributed by atoms with Crippen molar-refractivity contribution in [2.75, 3.05) is 32.1 Å². The first-order valence-electron chi connectivity index (χ1n) is 6.19. The summed E-state index contributed by atoms with van der Waals surface area (Å²) in [6.45, 7) is 3.86. The molecule has 1 unspecified atom stereocenters. The molecule has 1 atom stereocenters. The van der Waals surface area contributed by atoms with Gasteiger partial charge in [-0.25, -0.2) is 4.79 Å². The quantitative estimate of drug-likeness (QED) is 0.891. The molecule has 1 aliphatic heterocycles. The van der Waals surface area contributed by atoms with E-state index in [0.29, 0.717) is 6.54 Å². The maximum atomic E-state index is 11.1. The van der Waals surface area contributed by atoms with Crippen molar-refractivity contribution in [3.63, 3.8) is 0 Å². The largest absolute Gasteiger partial charge is 0.453 e. The van der Waals surface area contributed by atoms with E-state index in [1.165, 1.54) is 18.4 Å². The molecule has 0 saturated carbocycles. The maximum absolute atomic E-state index is 11.1. The van der Waals surface area contributed by atoms with E-state index in [0.717, 1.165) is 13.0 Å². The molecule has 4 heteroatoms. The Bertz CT molecular complexity index is 447. The summed E-state index contributed by atoms with van der Waals surface area (Å²) in [6.07, 6.45) is 0.543. The predicted octanol–water partition coefficient (Wildman–Crippen LogP) is 2.14. The van der Waals surface area contributed by atoms with Crippen molar-refractivity contribution < 1.29 is 9.53 Å². The zero-order valence-corrected chi connectivity index (χ0v) is 11.2. The van der Waals surface area contributed by atoms with Gasteiger partial charge < -0.3 is 15.0 Å². The minimum Gasteiger partial charge on any atom is -0.453 e. The van der Waals surface area contributed by atoms with Gasteiger partial charge in [-0.15, -0.1) is 0 Å². The highest BCUT2D eigenvalue weighted by Gasteiger charge is 2.36. The van der Waals surface area contributed by atoms with Gasteiger partial charge in [0, 0.05) is 31.2 Å². The molecule has 0 fully saturated rings. The van der Waals surface area contributed by atoms with E-state index in [1.54, 1.807) is 0 Å². The Morgan fingerprint density at radius 2 is 2.22 bits per heavy atom.